The van der Waals surface area contributed by atoms with Gasteiger partial charge < -0.3 is 4.90 Å². The molecule has 1 N–H and O–H groups in total. The Morgan fingerprint density at radius 2 is 1.32 bits per heavy atom. The monoisotopic (exact) mass is 353 g/mol. The van der Waals surface area contributed by atoms with Gasteiger partial charge in [-0.2, -0.15) is 0 Å². The highest BCUT2D eigenvalue weighted by Gasteiger charge is 2.33. The zero-order valence-electron chi connectivity index (χ0n) is 16.7. The molecule has 5 nitrogen and oxygen atoms in total. The lowest BCUT2D eigenvalue weighted by Gasteiger charge is -2.36. The van der Waals surface area contributed by atoms with Crippen molar-refractivity contribution in [3.05, 3.63) is 0 Å². The third-order valence-corrected chi connectivity index (χ3v) is 5.21. The van der Waals surface area contributed by atoms with E-state index in [0.29, 0.717) is 6.42 Å². The fourth-order valence-electron chi connectivity index (χ4n) is 3.36. The molecule has 1 aliphatic heterocycles. The molecule has 146 valence electrons. The number of imide groups is 1. The topological polar surface area (TPSA) is 52.7 Å². The molecule has 1 rings (SSSR count). The minimum atomic E-state index is -0.219. The third kappa shape index (κ3) is 8.70. The molecule has 0 aromatic carbocycles. The molecule has 0 bridgehead atoms. The van der Waals surface area contributed by atoms with Crippen LogP contribution in [0.1, 0.15) is 90.4 Å². The minimum Gasteiger partial charge on any atom is -0.311 e. The molecule has 1 atom stereocenters. The number of nitrogens with one attached hydrogen (secondary N) is 1. The van der Waals surface area contributed by atoms with Crippen molar-refractivity contribution in [3.8, 4) is 0 Å². The highest BCUT2D eigenvalue weighted by Crippen LogP contribution is 2.13. The first kappa shape index (κ1) is 21.9. The van der Waals surface area contributed by atoms with Gasteiger partial charge in [-0.1, -0.05) is 77.6 Å². The van der Waals surface area contributed by atoms with Gasteiger partial charge in [-0.05, 0) is 13.0 Å². The van der Waals surface area contributed by atoms with Crippen molar-refractivity contribution in [1.82, 2.24) is 15.1 Å². The second kappa shape index (κ2) is 13.2. The van der Waals surface area contributed by atoms with Crippen LogP contribution < -0.4 is 5.32 Å². The van der Waals surface area contributed by atoms with Crippen molar-refractivity contribution >= 4 is 11.9 Å². The van der Waals surface area contributed by atoms with Crippen LogP contribution in [0.2, 0.25) is 0 Å². The lowest BCUT2D eigenvalue weighted by atomic mass is 10.1. The largest absolute Gasteiger partial charge is 0.327 e. The fourth-order valence-corrected chi connectivity index (χ4v) is 3.36. The van der Waals surface area contributed by atoms with Crippen LogP contribution in [0.3, 0.4) is 0 Å². The van der Waals surface area contributed by atoms with E-state index in [2.05, 4.69) is 12.2 Å². The van der Waals surface area contributed by atoms with Crippen LogP contribution in [0.5, 0.6) is 0 Å². The average Bonchev–Trinajstić information content (AvgIpc) is 2.61. The smallest absolute Gasteiger partial charge is 0.311 e. The predicted octanol–water partition coefficient (Wildman–Crippen LogP) is 4.52. The number of hydrogen-bond acceptors (Lipinski definition) is 3. The summed E-state index contributed by atoms with van der Waals surface area (Å²) in [5.74, 6) is -0.102. The standard InChI is InChI=1S/C20H39N3O2/c1-4-5-6-7-8-9-10-11-12-13-14-15-16-21-18-17-19(24)23(3)20(25)22(18)2/h18,21H,4-17H2,1-3H3. The van der Waals surface area contributed by atoms with Crippen LogP contribution in [0.4, 0.5) is 4.79 Å². The molecular weight excluding hydrogens is 314 g/mol. The van der Waals surface area contributed by atoms with Gasteiger partial charge in [0.25, 0.3) is 0 Å². The summed E-state index contributed by atoms with van der Waals surface area (Å²) in [5.41, 5.74) is 0. The van der Waals surface area contributed by atoms with Crippen LogP contribution in [0, 0.1) is 0 Å². The van der Waals surface area contributed by atoms with Crippen molar-refractivity contribution in [2.24, 2.45) is 0 Å². The normalized spacial score (nSPS) is 18.3. The Balaban J connectivity index is 1.92. The molecule has 5 heteroatoms. The second-order valence-electron chi connectivity index (χ2n) is 7.41. The van der Waals surface area contributed by atoms with E-state index in [-0.39, 0.29) is 18.1 Å². The van der Waals surface area contributed by atoms with Gasteiger partial charge in [0, 0.05) is 14.1 Å². The molecule has 0 radical (unpaired) electrons. The van der Waals surface area contributed by atoms with Gasteiger partial charge in [-0.15, -0.1) is 0 Å². The summed E-state index contributed by atoms with van der Waals surface area (Å²) in [5, 5.41) is 3.35. The highest BCUT2D eigenvalue weighted by atomic mass is 16.2. The van der Waals surface area contributed by atoms with Gasteiger partial charge in [0.15, 0.2) is 0 Å². The van der Waals surface area contributed by atoms with Crippen molar-refractivity contribution in [3.63, 3.8) is 0 Å². The van der Waals surface area contributed by atoms with Crippen molar-refractivity contribution < 1.29 is 9.59 Å². The summed E-state index contributed by atoms with van der Waals surface area (Å²) in [4.78, 5) is 26.4. The van der Waals surface area contributed by atoms with Gasteiger partial charge in [-0.25, -0.2) is 4.79 Å². The van der Waals surface area contributed by atoms with E-state index < -0.39 is 0 Å². The number of amides is 3. The summed E-state index contributed by atoms with van der Waals surface area (Å²) in [6.45, 7) is 3.14. The van der Waals surface area contributed by atoms with Crippen LogP contribution in [-0.2, 0) is 4.79 Å². The molecule has 0 spiro atoms. The zero-order valence-corrected chi connectivity index (χ0v) is 16.7. The number of nitrogens with zero attached hydrogens (tertiary/aromatic N) is 2. The molecule has 0 aliphatic carbocycles. The summed E-state index contributed by atoms with van der Waals surface area (Å²) in [6, 6.07) is -0.219. The Hall–Kier alpha value is -1.10. The quantitative estimate of drug-likeness (QED) is 0.467. The third-order valence-electron chi connectivity index (χ3n) is 5.21. The Bertz CT molecular complexity index is 387. The van der Waals surface area contributed by atoms with Gasteiger partial charge >= 0.3 is 6.03 Å². The summed E-state index contributed by atoms with van der Waals surface area (Å²) < 4.78 is 0. The van der Waals surface area contributed by atoms with Crippen LogP contribution >= 0.6 is 0 Å². The van der Waals surface area contributed by atoms with E-state index in [1.807, 2.05) is 0 Å². The van der Waals surface area contributed by atoms with Crippen molar-refractivity contribution in [1.29, 1.82) is 0 Å². The molecule has 0 aromatic heterocycles. The molecule has 1 aliphatic rings. The number of carbonyl (C=O) groups is 2. The fraction of sp³-hybridized carbons (Fsp3) is 0.900. The van der Waals surface area contributed by atoms with E-state index in [4.69, 9.17) is 0 Å². The molecular formula is C20H39N3O2. The highest BCUT2D eigenvalue weighted by molar-refractivity contribution is 5.96. The molecule has 1 unspecified atom stereocenters. The summed E-state index contributed by atoms with van der Waals surface area (Å²) >= 11 is 0. The zero-order chi connectivity index (χ0) is 18.5. The molecule has 1 saturated heterocycles. The lowest BCUT2D eigenvalue weighted by molar-refractivity contribution is -0.131. The number of hydrogen-bond donors (Lipinski definition) is 1. The predicted molar refractivity (Wildman–Crippen MR) is 103 cm³/mol. The first-order valence-electron chi connectivity index (χ1n) is 10.3. The van der Waals surface area contributed by atoms with Gasteiger partial charge in [-0.3, -0.25) is 15.0 Å². The van der Waals surface area contributed by atoms with E-state index in [0.717, 1.165) is 13.0 Å². The Morgan fingerprint density at radius 3 is 1.84 bits per heavy atom. The molecule has 1 heterocycles. The van der Waals surface area contributed by atoms with E-state index in [1.165, 1.54) is 75.5 Å². The summed E-state index contributed by atoms with van der Waals surface area (Å²) in [6.07, 6.45) is 16.3. The minimum absolute atomic E-state index is 0.102. The first-order chi connectivity index (χ1) is 12.1. The maximum atomic E-state index is 11.9. The number of carbonyl (C=O) groups excluding carboxylic acids is 2. The SMILES string of the molecule is CCCCCCCCCCCCCCNC1CC(=O)N(C)C(=O)N1C. The van der Waals surface area contributed by atoms with E-state index >= 15 is 0 Å². The molecule has 3 amide bonds. The van der Waals surface area contributed by atoms with Crippen molar-refractivity contribution in [2.75, 3.05) is 20.6 Å². The number of unbranched alkanes of at least 4 members (excludes halogenated alkanes) is 11. The molecule has 0 aromatic rings. The Labute approximate surface area is 154 Å². The maximum Gasteiger partial charge on any atom is 0.327 e. The molecule has 0 saturated carbocycles. The van der Waals surface area contributed by atoms with Gasteiger partial charge in [0.1, 0.15) is 0 Å². The van der Waals surface area contributed by atoms with Gasteiger partial charge in [0.05, 0.1) is 12.6 Å². The molecule has 25 heavy (non-hydrogen) atoms. The average molecular weight is 354 g/mol. The maximum absolute atomic E-state index is 11.9. The van der Waals surface area contributed by atoms with Crippen LogP contribution in [0.15, 0.2) is 0 Å². The Kier molecular flexibility index (Phi) is 11.5. The van der Waals surface area contributed by atoms with Crippen LogP contribution in [0.25, 0.3) is 0 Å². The van der Waals surface area contributed by atoms with E-state index in [1.54, 1.807) is 19.0 Å². The van der Waals surface area contributed by atoms with E-state index in [9.17, 15) is 9.59 Å². The summed E-state index contributed by atoms with van der Waals surface area (Å²) in [7, 11) is 3.30. The second-order valence-corrected chi connectivity index (χ2v) is 7.41. The molecule has 1 fully saturated rings. The number of urea groups is 1. The van der Waals surface area contributed by atoms with Gasteiger partial charge in [0.2, 0.25) is 5.91 Å². The Morgan fingerprint density at radius 1 is 0.840 bits per heavy atom. The van der Waals surface area contributed by atoms with Crippen molar-refractivity contribution in [2.45, 2.75) is 96.6 Å². The first-order valence-corrected chi connectivity index (χ1v) is 10.3. The lowest BCUT2D eigenvalue weighted by Crippen LogP contribution is -2.58. The number of rotatable bonds is 14. The van der Waals surface area contributed by atoms with Crippen LogP contribution in [-0.4, -0.2) is 48.5 Å².